The normalized spacial score (nSPS) is 26.6. The lowest BCUT2D eigenvalue weighted by atomic mass is 9.83. The predicted molar refractivity (Wildman–Crippen MR) is 97.4 cm³/mol. The molecule has 0 amide bonds. The first-order chi connectivity index (χ1) is 11.7. The van der Waals surface area contributed by atoms with E-state index in [1.807, 2.05) is 44.2 Å². The van der Waals surface area contributed by atoms with Gasteiger partial charge in [0.25, 0.3) is 0 Å². The Kier molecular flexibility index (Phi) is 6.54. The lowest BCUT2D eigenvalue weighted by Crippen LogP contribution is -2.59. The van der Waals surface area contributed by atoms with E-state index in [1.54, 1.807) is 25.6 Å². The highest BCUT2D eigenvalue weighted by atomic mass is 32.2. The number of rotatable bonds is 7. The van der Waals surface area contributed by atoms with Crippen molar-refractivity contribution in [1.82, 2.24) is 0 Å². The maximum Gasteiger partial charge on any atom is 0.343 e. The zero-order chi connectivity index (χ0) is 18.7. The fourth-order valence-corrected chi connectivity index (χ4v) is 4.17. The number of benzene rings is 1. The molecule has 0 spiro atoms. The maximum atomic E-state index is 12.6. The molecule has 0 bridgehead atoms. The Hall–Kier alpha value is -1.08. The van der Waals surface area contributed by atoms with Crippen LogP contribution in [0.15, 0.2) is 35.2 Å². The first kappa shape index (κ1) is 20.2. The van der Waals surface area contributed by atoms with Crippen molar-refractivity contribution >= 4 is 17.7 Å². The average molecular weight is 368 g/mol. The number of carbonyl (C=O) groups excluding carboxylic acids is 1. The van der Waals surface area contributed by atoms with Gasteiger partial charge in [-0.3, -0.25) is 0 Å². The van der Waals surface area contributed by atoms with Crippen LogP contribution in [0.1, 0.15) is 34.1 Å². The zero-order valence-corrected chi connectivity index (χ0v) is 16.3. The van der Waals surface area contributed by atoms with Crippen LogP contribution in [-0.4, -0.2) is 47.5 Å². The predicted octanol–water partition coefficient (Wildman–Crippen LogP) is 3.25. The summed E-state index contributed by atoms with van der Waals surface area (Å²) in [6, 6.07) is 9.94. The molecule has 25 heavy (non-hydrogen) atoms. The van der Waals surface area contributed by atoms with E-state index in [-0.39, 0.29) is 5.92 Å². The van der Waals surface area contributed by atoms with Crippen LogP contribution in [0, 0.1) is 5.92 Å². The van der Waals surface area contributed by atoms with Crippen molar-refractivity contribution in [2.45, 2.75) is 62.6 Å². The summed E-state index contributed by atoms with van der Waals surface area (Å²) in [5.41, 5.74) is -1.51. The highest BCUT2D eigenvalue weighted by Gasteiger charge is 2.63. The minimum Gasteiger partial charge on any atom is -0.467 e. The molecule has 140 valence electrons. The second-order valence-electron chi connectivity index (χ2n) is 7.04. The Morgan fingerprint density at radius 2 is 1.96 bits per heavy atom. The summed E-state index contributed by atoms with van der Waals surface area (Å²) >= 11 is 1.63. The number of aliphatic hydroxyl groups excluding tert-OH is 1. The molecular formula is C19H28O5S. The van der Waals surface area contributed by atoms with Crippen LogP contribution in [0.3, 0.4) is 0 Å². The molecule has 3 unspecified atom stereocenters. The molecule has 3 atom stereocenters. The molecule has 1 aliphatic rings. The minimum absolute atomic E-state index is 0.0164. The molecule has 1 aromatic rings. The summed E-state index contributed by atoms with van der Waals surface area (Å²) in [6.07, 6.45) is -1.21. The van der Waals surface area contributed by atoms with Gasteiger partial charge in [0.1, 0.15) is 6.10 Å². The van der Waals surface area contributed by atoms with Crippen molar-refractivity contribution in [3.63, 3.8) is 0 Å². The highest BCUT2D eigenvalue weighted by molar-refractivity contribution is 7.99. The Balaban J connectivity index is 2.16. The Bertz CT molecular complexity index is 574. The van der Waals surface area contributed by atoms with Gasteiger partial charge in [-0.1, -0.05) is 32.0 Å². The molecule has 1 aromatic carbocycles. The summed E-state index contributed by atoms with van der Waals surface area (Å²) < 4.78 is 16.9. The van der Waals surface area contributed by atoms with Gasteiger partial charge in [-0.15, -0.1) is 11.8 Å². The number of hydrogen-bond donors (Lipinski definition) is 1. The smallest absolute Gasteiger partial charge is 0.343 e. The second-order valence-corrected chi connectivity index (χ2v) is 8.20. The van der Waals surface area contributed by atoms with Crippen molar-refractivity contribution in [3.05, 3.63) is 30.3 Å². The zero-order valence-electron chi connectivity index (χ0n) is 15.5. The molecule has 0 aromatic heterocycles. The summed E-state index contributed by atoms with van der Waals surface area (Å²) in [6.45, 7) is 7.38. The number of thioether (sulfide) groups is 1. The lowest BCUT2D eigenvalue weighted by Gasteiger charge is -2.36. The minimum atomic E-state index is -1.51. The fourth-order valence-electron chi connectivity index (χ4n) is 3.24. The number of esters is 1. The topological polar surface area (TPSA) is 65.0 Å². The van der Waals surface area contributed by atoms with Gasteiger partial charge >= 0.3 is 5.97 Å². The van der Waals surface area contributed by atoms with E-state index < -0.39 is 29.6 Å². The third kappa shape index (κ3) is 4.37. The van der Waals surface area contributed by atoms with Crippen LogP contribution in [0.2, 0.25) is 0 Å². The number of ether oxygens (including phenoxy) is 3. The molecular weight excluding hydrogens is 340 g/mol. The van der Waals surface area contributed by atoms with Gasteiger partial charge in [-0.05, 0) is 38.3 Å². The van der Waals surface area contributed by atoms with E-state index in [1.165, 1.54) is 7.11 Å². The average Bonchev–Trinajstić information content (AvgIpc) is 2.88. The van der Waals surface area contributed by atoms with E-state index in [0.717, 1.165) is 4.90 Å². The summed E-state index contributed by atoms with van der Waals surface area (Å²) in [4.78, 5) is 13.7. The number of hydrogen-bond acceptors (Lipinski definition) is 6. The van der Waals surface area contributed by atoms with Crippen LogP contribution in [-0.2, 0) is 19.0 Å². The van der Waals surface area contributed by atoms with Gasteiger partial charge in [-0.2, -0.15) is 0 Å². The largest absolute Gasteiger partial charge is 0.467 e. The molecule has 1 aliphatic heterocycles. The lowest BCUT2D eigenvalue weighted by molar-refractivity contribution is -0.205. The molecule has 1 N–H and O–H groups in total. The van der Waals surface area contributed by atoms with Crippen LogP contribution < -0.4 is 0 Å². The van der Waals surface area contributed by atoms with E-state index in [0.29, 0.717) is 12.2 Å². The molecule has 1 saturated heterocycles. The number of aliphatic hydroxyl groups is 1. The van der Waals surface area contributed by atoms with E-state index in [9.17, 15) is 9.90 Å². The fraction of sp³-hybridized carbons (Fsp3) is 0.632. The van der Waals surface area contributed by atoms with Gasteiger partial charge in [-0.25, -0.2) is 4.79 Å². The van der Waals surface area contributed by atoms with Crippen LogP contribution >= 0.6 is 11.8 Å². The maximum absolute atomic E-state index is 12.6. The van der Waals surface area contributed by atoms with Crippen molar-refractivity contribution in [3.8, 4) is 0 Å². The SMILES string of the molecule is COC(=O)C1(C(O)CCSc2ccccc2)OC(C)(C)OC1C(C)C. The van der Waals surface area contributed by atoms with E-state index in [2.05, 4.69) is 0 Å². The third-order valence-electron chi connectivity index (χ3n) is 4.26. The first-order valence-electron chi connectivity index (χ1n) is 8.55. The third-order valence-corrected chi connectivity index (χ3v) is 5.30. The van der Waals surface area contributed by atoms with Crippen LogP contribution in [0.5, 0.6) is 0 Å². The molecule has 0 radical (unpaired) electrons. The summed E-state index contributed by atoms with van der Waals surface area (Å²) in [7, 11) is 1.31. The van der Waals surface area contributed by atoms with Gasteiger partial charge in [0, 0.05) is 10.6 Å². The monoisotopic (exact) mass is 368 g/mol. The summed E-state index contributed by atoms with van der Waals surface area (Å²) in [5.74, 6) is -0.916. The Labute approximate surface area is 154 Å². The van der Waals surface area contributed by atoms with Crippen molar-refractivity contribution in [2.75, 3.05) is 12.9 Å². The van der Waals surface area contributed by atoms with Gasteiger partial charge < -0.3 is 19.3 Å². The molecule has 0 aliphatic carbocycles. The molecule has 0 saturated carbocycles. The van der Waals surface area contributed by atoms with Gasteiger partial charge in [0.05, 0.1) is 13.2 Å². The van der Waals surface area contributed by atoms with E-state index >= 15 is 0 Å². The quantitative estimate of drug-likeness (QED) is 0.589. The standard InChI is InChI=1S/C19H28O5S/c1-13(2)16-19(17(21)22-5,24-18(3,4)23-16)15(20)11-12-25-14-9-7-6-8-10-14/h6-10,13,15-16,20H,11-12H2,1-5H3. The van der Waals surface area contributed by atoms with Gasteiger partial charge in [0.2, 0.25) is 5.60 Å². The van der Waals surface area contributed by atoms with Crippen molar-refractivity contribution in [1.29, 1.82) is 0 Å². The number of carbonyl (C=O) groups is 1. The van der Waals surface area contributed by atoms with Gasteiger partial charge in [0.15, 0.2) is 5.79 Å². The first-order valence-corrected chi connectivity index (χ1v) is 9.54. The van der Waals surface area contributed by atoms with Crippen LogP contribution in [0.4, 0.5) is 0 Å². The molecule has 1 heterocycles. The van der Waals surface area contributed by atoms with Crippen molar-refractivity contribution < 1.29 is 24.1 Å². The summed E-state index contributed by atoms with van der Waals surface area (Å²) in [5, 5.41) is 10.9. The molecule has 6 heteroatoms. The van der Waals surface area contributed by atoms with Crippen molar-refractivity contribution in [2.24, 2.45) is 5.92 Å². The van der Waals surface area contributed by atoms with E-state index in [4.69, 9.17) is 14.2 Å². The highest BCUT2D eigenvalue weighted by Crippen LogP contribution is 2.44. The molecule has 1 fully saturated rings. The second kappa shape index (κ2) is 8.08. The molecule has 2 rings (SSSR count). The Morgan fingerprint density at radius 3 is 2.52 bits per heavy atom. The Morgan fingerprint density at radius 1 is 1.32 bits per heavy atom. The molecule has 5 nitrogen and oxygen atoms in total. The number of methoxy groups -OCH3 is 1. The van der Waals surface area contributed by atoms with Crippen LogP contribution in [0.25, 0.3) is 0 Å².